The van der Waals surface area contributed by atoms with E-state index in [-0.39, 0.29) is 0 Å². The van der Waals surface area contributed by atoms with Gasteiger partial charge >= 0.3 is 0 Å². The molecule has 0 aliphatic heterocycles. The Kier molecular flexibility index (Phi) is 5.00. The Labute approximate surface area is 98.5 Å². The molecule has 0 aliphatic carbocycles. The lowest BCUT2D eigenvalue weighted by Crippen LogP contribution is -2.28. The van der Waals surface area contributed by atoms with Gasteiger partial charge in [0.05, 0.1) is 11.8 Å². The zero-order chi connectivity index (χ0) is 12.0. The molecular formula is C13H24N2O. The van der Waals surface area contributed by atoms with Crippen LogP contribution in [0.3, 0.4) is 0 Å². The van der Waals surface area contributed by atoms with E-state index < -0.39 is 5.60 Å². The maximum atomic E-state index is 10.5. The van der Waals surface area contributed by atoms with Gasteiger partial charge in [-0.3, -0.25) is 4.68 Å². The minimum Gasteiger partial charge on any atom is -0.390 e. The van der Waals surface area contributed by atoms with E-state index in [0.717, 1.165) is 38.5 Å². The van der Waals surface area contributed by atoms with Crippen molar-refractivity contribution in [2.24, 2.45) is 7.05 Å². The second kappa shape index (κ2) is 6.04. The summed E-state index contributed by atoms with van der Waals surface area (Å²) in [5, 5.41) is 14.6. The van der Waals surface area contributed by atoms with Crippen LogP contribution in [0.2, 0.25) is 0 Å². The van der Waals surface area contributed by atoms with Gasteiger partial charge in [-0.2, -0.15) is 5.10 Å². The molecule has 92 valence electrons. The summed E-state index contributed by atoms with van der Waals surface area (Å²) in [5.74, 6) is 0. The summed E-state index contributed by atoms with van der Waals surface area (Å²) in [6, 6.07) is 0. The third kappa shape index (κ3) is 3.97. The summed E-state index contributed by atoms with van der Waals surface area (Å²) >= 11 is 0. The molecule has 0 spiro atoms. The zero-order valence-corrected chi connectivity index (χ0v) is 10.7. The maximum Gasteiger partial charge on any atom is 0.0650 e. The molecule has 0 fully saturated rings. The Bertz CT molecular complexity index is 301. The molecule has 0 atom stereocenters. The lowest BCUT2D eigenvalue weighted by atomic mass is 9.87. The molecule has 0 radical (unpaired) electrons. The smallest absolute Gasteiger partial charge is 0.0650 e. The molecule has 0 bridgehead atoms. The van der Waals surface area contributed by atoms with Gasteiger partial charge in [-0.15, -0.1) is 0 Å². The quantitative estimate of drug-likeness (QED) is 0.773. The van der Waals surface area contributed by atoms with Crippen LogP contribution in [0.4, 0.5) is 0 Å². The topological polar surface area (TPSA) is 38.1 Å². The molecule has 0 aromatic carbocycles. The third-order valence-electron chi connectivity index (χ3n) is 3.07. The number of rotatable bonds is 7. The molecule has 3 heteroatoms. The van der Waals surface area contributed by atoms with Gasteiger partial charge in [0.1, 0.15) is 0 Å². The van der Waals surface area contributed by atoms with Crippen molar-refractivity contribution in [2.75, 3.05) is 0 Å². The molecule has 3 nitrogen and oxygen atoms in total. The fourth-order valence-electron chi connectivity index (χ4n) is 2.28. The molecule has 1 aromatic heterocycles. The first-order chi connectivity index (χ1) is 7.59. The standard InChI is InChI=1S/C13H24N2O/c1-4-7-13(16,8-5-2)9-6-12-10-14-15(3)11-12/h10-11,16H,4-9H2,1-3H3. The average molecular weight is 224 g/mol. The predicted octanol–water partition coefficient (Wildman–Crippen LogP) is 2.68. The Hall–Kier alpha value is -0.830. The number of aliphatic hydroxyl groups is 1. The van der Waals surface area contributed by atoms with Crippen molar-refractivity contribution in [1.29, 1.82) is 0 Å². The molecule has 1 aromatic rings. The minimum atomic E-state index is -0.473. The van der Waals surface area contributed by atoms with Crippen LogP contribution in [0.5, 0.6) is 0 Å². The molecule has 0 amide bonds. The van der Waals surface area contributed by atoms with E-state index in [1.807, 2.05) is 24.1 Å². The van der Waals surface area contributed by atoms with Gasteiger partial charge < -0.3 is 5.11 Å². The molecule has 1 heterocycles. The second-order valence-corrected chi connectivity index (χ2v) is 4.75. The van der Waals surface area contributed by atoms with Gasteiger partial charge in [0.2, 0.25) is 0 Å². The van der Waals surface area contributed by atoms with Crippen molar-refractivity contribution in [2.45, 2.75) is 58.0 Å². The van der Waals surface area contributed by atoms with Crippen LogP contribution in [0.25, 0.3) is 0 Å². The Morgan fingerprint density at radius 1 is 1.25 bits per heavy atom. The van der Waals surface area contributed by atoms with Crippen LogP contribution in [-0.2, 0) is 13.5 Å². The van der Waals surface area contributed by atoms with Crippen molar-refractivity contribution in [1.82, 2.24) is 9.78 Å². The van der Waals surface area contributed by atoms with Crippen molar-refractivity contribution >= 4 is 0 Å². The summed E-state index contributed by atoms with van der Waals surface area (Å²) < 4.78 is 1.81. The molecular weight excluding hydrogens is 200 g/mol. The highest BCUT2D eigenvalue weighted by atomic mass is 16.3. The number of nitrogens with zero attached hydrogens (tertiary/aromatic N) is 2. The lowest BCUT2D eigenvalue weighted by molar-refractivity contribution is 0.0132. The first kappa shape index (κ1) is 13.2. The number of aromatic nitrogens is 2. The van der Waals surface area contributed by atoms with Crippen molar-refractivity contribution in [3.63, 3.8) is 0 Å². The molecule has 1 rings (SSSR count). The van der Waals surface area contributed by atoms with E-state index in [4.69, 9.17) is 0 Å². The van der Waals surface area contributed by atoms with Crippen molar-refractivity contribution < 1.29 is 5.11 Å². The highest BCUT2D eigenvalue weighted by molar-refractivity contribution is 5.04. The fraction of sp³-hybridized carbons (Fsp3) is 0.769. The van der Waals surface area contributed by atoms with Gasteiger partial charge in [-0.05, 0) is 31.2 Å². The van der Waals surface area contributed by atoms with E-state index in [1.54, 1.807) is 0 Å². The van der Waals surface area contributed by atoms with Gasteiger partial charge in [0, 0.05) is 13.2 Å². The number of hydrogen-bond acceptors (Lipinski definition) is 2. The molecule has 16 heavy (non-hydrogen) atoms. The van der Waals surface area contributed by atoms with Crippen molar-refractivity contribution in [3.05, 3.63) is 18.0 Å². The van der Waals surface area contributed by atoms with Crippen LogP contribution in [-0.4, -0.2) is 20.5 Å². The Morgan fingerprint density at radius 3 is 2.31 bits per heavy atom. The van der Waals surface area contributed by atoms with Crippen LogP contribution in [0.1, 0.15) is 51.5 Å². The molecule has 0 saturated carbocycles. The number of aryl methyl sites for hydroxylation is 2. The van der Waals surface area contributed by atoms with Gasteiger partial charge in [-0.1, -0.05) is 26.7 Å². The summed E-state index contributed by atoms with van der Waals surface area (Å²) in [7, 11) is 1.92. The molecule has 0 unspecified atom stereocenters. The monoisotopic (exact) mass is 224 g/mol. The zero-order valence-electron chi connectivity index (χ0n) is 10.7. The van der Waals surface area contributed by atoms with E-state index >= 15 is 0 Å². The summed E-state index contributed by atoms with van der Waals surface area (Å²) in [4.78, 5) is 0. The normalized spacial score (nSPS) is 12.0. The first-order valence-electron chi connectivity index (χ1n) is 6.29. The molecule has 0 aliphatic rings. The van der Waals surface area contributed by atoms with Gasteiger partial charge in [0.25, 0.3) is 0 Å². The Morgan fingerprint density at radius 2 is 1.88 bits per heavy atom. The summed E-state index contributed by atoms with van der Waals surface area (Å²) in [6.07, 6.45) is 9.58. The van der Waals surface area contributed by atoms with E-state index in [2.05, 4.69) is 18.9 Å². The highest BCUT2D eigenvalue weighted by Crippen LogP contribution is 2.25. The average Bonchev–Trinajstić information content (AvgIpc) is 2.62. The van der Waals surface area contributed by atoms with Crippen LogP contribution < -0.4 is 0 Å². The van der Waals surface area contributed by atoms with E-state index in [0.29, 0.717) is 0 Å². The second-order valence-electron chi connectivity index (χ2n) is 4.75. The largest absolute Gasteiger partial charge is 0.390 e. The molecule has 0 saturated heterocycles. The Balaban J connectivity index is 2.49. The summed E-state index contributed by atoms with van der Waals surface area (Å²) in [6.45, 7) is 4.26. The third-order valence-corrected chi connectivity index (χ3v) is 3.07. The van der Waals surface area contributed by atoms with Gasteiger partial charge in [0.15, 0.2) is 0 Å². The number of hydrogen-bond donors (Lipinski definition) is 1. The van der Waals surface area contributed by atoms with Gasteiger partial charge in [-0.25, -0.2) is 0 Å². The lowest BCUT2D eigenvalue weighted by Gasteiger charge is -2.27. The van der Waals surface area contributed by atoms with Crippen LogP contribution in [0, 0.1) is 0 Å². The predicted molar refractivity (Wildman–Crippen MR) is 66.3 cm³/mol. The summed E-state index contributed by atoms with van der Waals surface area (Å²) in [5.41, 5.74) is 0.743. The molecule has 1 N–H and O–H groups in total. The van der Waals surface area contributed by atoms with Crippen LogP contribution >= 0.6 is 0 Å². The van der Waals surface area contributed by atoms with E-state index in [9.17, 15) is 5.11 Å². The SMILES string of the molecule is CCCC(O)(CCC)CCc1cnn(C)c1. The minimum absolute atomic E-state index is 0.473. The maximum absolute atomic E-state index is 10.5. The fourth-order valence-corrected chi connectivity index (χ4v) is 2.28. The van der Waals surface area contributed by atoms with E-state index in [1.165, 1.54) is 5.56 Å². The first-order valence-corrected chi connectivity index (χ1v) is 6.29. The van der Waals surface area contributed by atoms with Crippen molar-refractivity contribution in [3.8, 4) is 0 Å². The van der Waals surface area contributed by atoms with Crippen LogP contribution in [0.15, 0.2) is 12.4 Å². The highest BCUT2D eigenvalue weighted by Gasteiger charge is 2.24.